The van der Waals surface area contributed by atoms with Gasteiger partial charge in [-0.2, -0.15) is 0 Å². The number of likely N-dealkylation sites (N-methyl/N-ethyl adjacent to an activating group) is 1. The summed E-state index contributed by atoms with van der Waals surface area (Å²) in [6.45, 7) is 2.05. The molecule has 0 fully saturated rings. The molecule has 1 N–H and O–H groups in total. The number of thiazole rings is 1. The zero-order valence-corrected chi connectivity index (χ0v) is 13.0. The van der Waals surface area contributed by atoms with Gasteiger partial charge in [-0.15, -0.1) is 11.3 Å². The normalized spacial score (nSPS) is 12.6. The Balaban J connectivity index is 2.01. The number of nitrogens with one attached hydrogen (secondary N) is 1. The molecule has 1 heterocycles. The summed E-state index contributed by atoms with van der Waals surface area (Å²) in [4.78, 5) is 4.53. The van der Waals surface area contributed by atoms with Gasteiger partial charge in [-0.05, 0) is 38.1 Å². The van der Waals surface area contributed by atoms with Crippen molar-refractivity contribution < 1.29 is 0 Å². The van der Waals surface area contributed by atoms with Crippen LogP contribution in [-0.4, -0.2) is 18.1 Å². The molecule has 0 bridgehead atoms. The van der Waals surface area contributed by atoms with Crippen molar-refractivity contribution in [3.63, 3.8) is 0 Å². The van der Waals surface area contributed by atoms with E-state index in [0.29, 0.717) is 6.04 Å². The molecule has 96 valence electrons. The van der Waals surface area contributed by atoms with E-state index in [2.05, 4.69) is 62.8 Å². The Morgan fingerprint density at radius 2 is 2.22 bits per heavy atom. The molecule has 1 aromatic carbocycles. The number of hydrogen-bond acceptors (Lipinski definition) is 3. The van der Waals surface area contributed by atoms with Crippen molar-refractivity contribution in [3.05, 3.63) is 50.4 Å². The highest BCUT2D eigenvalue weighted by atomic mass is 79.9. The van der Waals surface area contributed by atoms with Crippen molar-refractivity contribution in [3.8, 4) is 0 Å². The molecule has 0 saturated carbocycles. The third-order valence-electron chi connectivity index (χ3n) is 2.90. The van der Waals surface area contributed by atoms with Gasteiger partial charge in [-0.25, -0.2) is 4.98 Å². The van der Waals surface area contributed by atoms with Crippen LogP contribution in [0.3, 0.4) is 0 Å². The van der Waals surface area contributed by atoms with E-state index in [4.69, 9.17) is 0 Å². The smallest absolute Gasteiger partial charge is 0.0897 e. The van der Waals surface area contributed by atoms with Crippen LogP contribution in [0.15, 0.2) is 34.1 Å². The quantitative estimate of drug-likeness (QED) is 0.909. The topological polar surface area (TPSA) is 24.9 Å². The van der Waals surface area contributed by atoms with E-state index in [1.54, 1.807) is 11.3 Å². The van der Waals surface area contributed by atoms with Gasteiger partial charge in [0.1, 0.15) is 0 Å². The van der Waals surface area contributed by atoms with Crippen molar-refractivity contribution in [2.24, 2.45) is 0 Å². The first-order valence-corrected chi connectivity index (χ1v) is 7.67. The van der Waals surface area contributed by atoms with Crippen molar-refractivity contribution in [1.29, 1.82) is 0 Å². The molecule has 1 unspecified atom stereocenters. The van der Waals surface area contributed by atoms with Crippen LogP contribution in [0.1, 0.15) is 16.3 Å². The fourth-order valence-electron chi connectivity index (χ4n) is 1.98. The van der Waals surface area contributed by atoms with Crippen LogP contribution in [0.5, 0.6) is 0 Å². The van der Waals surface area contributed by atoms with Gasteiger partial charge in [-0.3, -0.25) is 0 Å². The molecule has 4 heteroatoms. The SMILES string of the molecule is CNC(Cc1cccc(Br)c1)Cc1csc(C)n1. The highest BCUT2D eigenvalue weighted by Crippen LogP contribution is 2.15. The predicted octanol–water partition coefficient (Wildman–Crippen LogP) is 3.59. The number of halogens is 1. The van der Waals surface area contributed by atoms with Crippen molar-refractivity contribution in [2.75, 3.05) is 7.05 Å². The van der Waals surface area contributed by atoms with Crippen LogP contribution >= 0.6 is 27.3 Å². The Kier molecular flexibility index (Phi) is 4.92. The van der Waals surface area contributed by atoms with Crippen molar-refractivity contribution >= 4 is 27.3 Å². The number of aromatic nitrogens is 1. The number of hydrogen-bond donors (Lipinski definition) is 1. The molecule has 0 amide bonds. The van der Waals surface area contributed by atoms with Gasteiger partial charge in [0.2, 0.25) is 0 Å². The third-order valence-corrected chi connectivity index (χ3v) is 4.22. The second-order valence-electron chi connectivity index (χ2n) is 4.38. The molecular formula is C14H17BrN2S. The van der Waals surface area contributed by atoms with E-state index < -0.39 is 0 Å². The highest BCUT2D eigenvalue weighted by molar-refractivity contribution is 9.10. The van der Waals surface area contributed by atoms with Gasteiger partial charge >= 0.3 is 0 Å². The average molecular weight is 325 g/mol. The molecule has 2 aromatic rings. The highest BCUT2D eigenvalue weighted by Gasteiger charge is 2.10. The zero-order chi connectivity index (χ0) is 13.0. The van der Waals surface area contributed by atoms with Crippen LogP contribution < -0.4 is 5.32 Å². The van der Waals surface area contributed by atoms with Crippen LogP contribution in [0.2, 0.25) is 0 Å². The molecule has 0 saturated heterocycles. The fourth-order valence-corrected chi connectivity index (χ4v) is 3.05. The molecule has 2 nitrogen and oxygen atoms in total. The van der Waals surface area contributed by atoms with E-state index in [9.17, 15) is 0 Å². The lowest BCUT2D eigenvalue weighted by Crippen LogP contribution is -2.30. The Labute approximate surface area is 121 Å². The maximum absolute atomic E-state index is 4.53. The largest absolute Gasteiger partial charge is 0.316 e. The lowest BCUT2D eigenvalue weighted by molar-refractivity contribution is 0.551. The van der Waals surface area contributed by atoms with Gasteiger partial charge in [0.25, 0.3) is 0 Å². The second-order valence-corrected chi connectivity index (χ2v) is 6.36. The predicted molar refractivity (Wildman–Crippen MR) is 81.2 cm³/mol. The van der Waals surface area contributed by atoms with Crippen molar-refractivity contribution in [2.45, 2.75) is 25.8 Å². The summed E-state index contributed by atoms with van der Waals surface area (Å²) in [5.74, 6) is 0. The lowest BCUT2D eigenvalue weighted by atomic mass is 10.0. The Morgan fingerprint density at radius 1 is 1.39 bits per heavy atom. The van der Waals surface area contributed by atoms with Gasteiger partial charge in [-0.1, -0.05) is 28.1 Å². The van der Waals surface area contributed by atoms with Gasteiger partial charge < -0.3 is 5.32 Å². The summed E-state index contributed by atoms with van der Waals surface area (Å²) in [5, 5.41) is 6.67. The monoisotopic (exact) mass is 324 g/mol. The Bertz CT molecular complexity index is 510. The molecule has 0 aliphatic rings. The minimum Gasteiger partial charge on any atom is -0.316 e. The second kappa shape index (κ2) is 6.45. The van der Waals surface area contributed by atoms with Crippen molar-refractivity contribution in [1.82, 2.24) is 10.3 Å². The van der Waals surface area contributed by atoms with E-state index in [1.165, 1.54) is 11.3 Å². The summed E-state index contributed by atoms with van der Waals surface area (Å²) in [7, 11) is 2.02. The minimum atomic E-state index is 0.431. The number of aryl methyl sites for hydroxylation is 1. The Morgan fingerprint density at radius 3 is 2.83 bits per heavy atom. The molecule has 2 rings (SSSR count). The zero-order valence-electron chi connectivity index (χ0n) is 10.6. The third kappa shape index (κ3) is 3.90. The molecule has 1 aromatic heterocycles. The summed E-state index contributed by atoms with van der Waals surface area (Å²) in [5.41, 5.74) is 2.53. The first-order valence-electron chi connectivity index (χ1n) is 6.00. The van der Waals surface area contributed by atoms with E-state index in [-0.39, 0.29) is 0 Å². The summed E-state index contributed by atoms with van der Waals surface area (Å²) in [6, 6.07) is 8.92. The molecule has 1 atom stereocenters. The van der Waals surface area contributed by atoms with Crippen LogP contribution in [0, 0.1) is 6.92 Å². The first-order chi connectivity index (χ1) is 8.67. The number of benzene rings is 1. The molecule has 0 radical (unpaired) electrons. The standard InChI is InChI=1S/C14H17BrN2S/c1-10-17-14(9-18-10)8-13(16-2)7-11-4-3-5-12(15)6-11/h3-6,9,13,16H,7-8H2,1-2H3. The number of rotatable bonds is 5. The number of nitrogens with zero attached hydrogens (tertiary/aromatic N) is 1. The summed E-state index contributed by atoms with van der Waals surface area (Å²) in [6.07, 6.45) is 2.00. The van der Waals surface area contributed by atoms with Crippen LogP contribution in [0.25, 0.3) is 0 Å². The van der Waals surface area contributed by atoms with Crippen LogP contribution in [0.4, 0.5) is 0 Å². The Hall–Kier alpha value is -0.710. The van der Waals surface area contributed by atoms with Gasteiger partial charge in [0.15, 0.2) is 0 Å². The maximum Gasteiger partial charge on any atom is 0.0897 e. The summed E-state index contributed by atoms with van der Waals surface area (Å²) >= 11 is 5.23. The summed E-state index contributed by atoms with van der Waals surface area (Å²) < 4.78 is 1.14. The molecule has 0 aliphatic heterocycles. The average Bonchev–Trinajstić information content (AvgIpc) is 2.74. The van der Waals surface area contributed by atoms with E-state index >= 15 is 0 Å². The van der Waals surface area contributed by atoms with E-state index in [0.717, 1.165) is 22.3 Å². The lowest BCUT2D eigenvalue weighted by Gasteiger charge is -2.15. The molecule has 18 heavy (non-hydrogen) atoms. The van der Waals surface area contributed by atoms with Gasteiger partial charge in [0, 0.05) is 22.3 Å². The van der Waals surface area contributed by atoms with Gasteiger partial charge in [0.05, 0.1) is 10.7 Å². The minimum absolute atomic E-state index is 0.431. The fraction of sp³-hybridized carbons (Fsp3) is 0.357. The molecule has 0 aliphatic carbocycles. The molecular weight excluding hydrogens is 308 g/mol. The van der Waals surface area contributed by atoms with Crippen LogP contribution in [-0.2, 0) is 12.8 Å². The first kappa shape index (κ1) is 13.7. The maximum atomic E-state index is 4.53. The molecule has 0 spiro atoms. The van der Waals surface area contributed by atoms with E-state index in [1.807, 2.05) is 7.05 Å².